The van der Waals surface area contributed by atoms with Crippen molar-refractivity contribution < 1.29 is 4.74 Å². The molecule has 0 bridgehead atoms. The van der Waals surface area contributed by atoms with Gasteiger partial charge in [0, 0.05) is 40.9 Å². The summed E-state index contributed by atoms with van der Waals surface area (Å²) in [6, 6.07) is 27.5. The number of pyridine rings is 1. The number of hydrogen-bond donors (Lipinski definition) is 0. The van der Waals surface area contributed by atoms with Gasteiger partial charge in [-0.1, -0.05) is 78.6 Å². The third-order valence-electron chi connectivity index (χ3n) is 11.4. The Hall–Kier alpha value is -5.16. The SMILES string of the molecule is CCCC(C)c1c(C)c(C)c(C)c([C@H](C)CCC)c1-c1cnn(-c2cccc(Oc3ccc4c5ccccc5n(-c5cc(C(C)C)ccn5)c4c3)c2)c1. The Morgan fingerprint density at radius 3 is 2.06 bits per heavy atom. The fourth-order valence-corrected chi connectivity index (χ4v) is 8.50. The van der Waals surface area contributed by atoms with E-state index in [4.69, 9.17) is 14.8 Å². The van der Waals surface area contributed by atoms with Gasteiger partial charge < -0.3 is 4.74 Å². The number of hydrogen-bond acceptors (Lipinski definition) is 3. The molecule has 2 atom stereocenters. The van der Waals surface area contributed by atoms with Gasteiger partial charge in [0.25, 0.3) is 0 Å². The number of fused-ring (bicyclic) bond motifs is 3. The number of nitrogens with zero attached hydrogens (tertiary/aromatic N) is 4. The molecule has 0 amide bonds. The zero-order valence-electron chi connectivity index (χ0n) is 33.0. The molecule has 0 aliphatic carbocycles. The molecule has 3 heterocycles. The first-order chi connectivity index (χ1) is 25.6. The second-order valence-electron chi connectivity index (χ2n) is 15.4. The predicted molar refractivity (Wildman–Crippen MR) is 223 cm³/mol. The summed E-state index contributed by atoms with van der Waals surface area (Å²) in [5, 5.41) is 7.33. The van der Waals surface area contributed by atoms with Crippen molar-refractivity contribution in [2.45, 2.75) is 106 Å². The van der Waals surface area contributed by atoms with Crippen LogP contribution in [0.5, 0.6) is 11.5 Å². The fraction of sp³-hybridized carbons (Fsp3) is 0.333. The third kappa shape index (κ3) is 6.78. The van der Waals surface area contributed by atoms with Crippen LogP contribution in [0.4, 0.5) is 0 Å². The molecule has 5 nitrogen and oxygen atoms in total. The van der Waals surface area contributed by atoms with Crippen molar-refractivity contribution >= 4 is 21.8 Å². The third-order valence-corrected chi connectivity index (χ3v) is 11.4. The van der Waals surface area contributed by atoms with E-state index in [2.05, 4.69) is 146 Å². The lowest BCUT2D eigenvalue weighted by atomic mass is 9.76. The summed E-state index contributed by atoms with van der Waals surface area (Å²) in [6.45, 7) is 20.8. The second-order valence-corrected chi connectivity index (χ2v) is 15.4. The summed E-state index contributed by atoms with van der Waals surface area (Å²) in [6.07, 6.45) is 10.9. The molecular weight excluding hydrogens is 649 g/mol. The van der Waals surface area contributed by atoms with Crippen LogP contribution < -0.4 is 4.74 Å². The maximum Gasteiger partial charge on any atom is 0.137 e. The Morgan fingerprint density at radius 1 is 0.679 bits per heavy atom. The van der Waals surface area contributed by atoms with Crippen LogP contribution in [0.1, 0.15) is 118 Å². The van der Waals surface area contributed by atoms with Crippen molar-refractivity contribution in [2.24, 2.45) is 0 Å². The van der Waals surface area contributed by atoms with Crippen molar-refractivity contribution in [3.63, 3.8) is 0 Å². The molecule has 0 aliphatic heterocycles. The fourth-order valence-electron chi connectivity index (χ4n) is 8.50. The Balaban J connectivity index is 1.27. The molecule has 0 N–H and O–H groups in total. The summed E-state index contributed by atoms with van der Waals surface area (Å²) < 4.78 is 10.9. The van der Waals surface area contributed by atoms with Crippen molar-refractivity contribution in [3.8, 4) is 34.1 Å². The highest BCUT2D eigenvalue weighted by Gasteiger charge is 2.26. The Kier molecular flexibility index (Phi) is 10.3. The minimum absolute atomic E-state index is 0.408. The van der Waals surface area contributed by atoms with E-state index < -0.39 is 0 Å². The summed E-state index contributed by atoms with van der Waals surface area (Å²) in [4.78, 5) is 4.82. The van der Waals surface area contributed by atoms with Gasteiger partial charge in [0.05, 0.1) is 22.9 Å². The smallest absolute Gasteiger partial charge is 0.137 e. The van der Waals surface area contributed by atoms with E-state index in [1.165, 1.54) is 68.1 Å². The van der Waals surface area contributed by atoms with Gasteiger partial charge in [0.1, 0.15) is 17.3 Å². The van der Waals surface area contributed by atoms with Gasteiger partial charge in [-0.15, -0.1) is 0 Å². The van der Waals surface area contributed by atoms with Crippen LogP contribution in [0, 0.1) is 20.8 Å². The summed E-state index contributed by atoms with van der Waals surface area (Å²) >= 11 is 0. The number of aromatic nitrogens is 4. The molecule has 0 saturated heterocycles. The van der Waals surface area contributed by atoms with E-state index in [0.717, 1.165) is 46.9 Å². The van der Waals surface area contributed by atoms with Crippen molar-refractivity contribution in [2.75, 3.05) is 0 Å². The molecule has 0 saturated carbocycles. The summed E-state index contributed by atoms with van der Waals surface area (Å²) in [5.41, 5.74) is 14.3. The van der Waals surface area contributed by atoms with Crippen LogP contribution in [0.15, 0.2) is 97.5 Å². The zero-order valence-corrected chi connectivity index (χ0v) is 33.0. The number of ether oxygens (including phenoxy) is 1. The van der Waals surface area contributed by atoms with Crippen LogP contribution in [-0.2, 0) is 0 Å². The molecule has 5 heteroatoms. The molecule has 0 spiro atoms. The minimum Gasteiger partial charge on any atom is -0.457 e. The first kappa shape index (κ1) is 36.2. The molecule has 0 fully saturated rings. The first-order valence-electron chi connectivity index (χ1n) is 19.6. The monoisotopic (exact) mass is 702 g/mol. The van der Waals surface area contributed by atoms with Crippen LogP contribution in [0.25, 0.3) is 44.4 Å². The summed E-state index contributed by atoms with van der Waals surface area (Å²) in [7, 11) is 0. The molecule has 0 radical (unpaired) electrons. The number of rotatable bonds is 12. The molecule has 53 heavy (non-hydrogen) atoms. The molecule has 1 unspecified atom stereocenters. The van der Waals surface area contributed by atoms with E-state index in [0.29, 0.717) is 17.8 Å². The first-order valence-corrected chi connectivity index (χ1v) is 19.6. The normalized spacial score (nSPS) is 12.9. The highest BCUT2D eigenvalue weighted by molar-refractivity contribution is 6.09. The standard InChI is InChI=1S/C48H54N4O/c1-10-15-31(5)46-34(8)33(7)35(9)47(32(6)16-11-2)48(46)37-28-50-51(29-37)38-17-14-18-39(26-38)53-40-21-22-42-41-19-12-13-20-43(41)52(44(42)27-40)45-25-36(30(3)4)23-24-49-45/h12-14,17-32H,10-11,15-16H2,1-9H3/t31-,32?/m1/s1. The van der Waals surface area contributed by atoms with Gasteiger partial charge in [-0.25, -0.2) is 9.67 Å². The van der Waals surface area contributed by atoms with E-state index in [1.807, 2.05) is 23.0 Å². The van der Waals surface area contributed by atoms with Crippen LogP contribution >= 0.6 is 0 Å². The zero-order chi connectivity index (χ0) is 37.4. The highest BCUT2D eigenvalue weighted by atomic mass is 16.5. The summed E-state index contributed by atoms with van der Waals surface area (Å²) in [5.74, 6) is 3.79. The highest BCUT2D eigenvalue weighted by Crippen LogP contribution is 2.44. The maximum atomic E-state index is 6.61. The van der Waals surface area contributed by atoms with Gasteiger partial charge in [0.15, 0.2) is 0 Å². The molecule has 3 aromatic heterocycles. The van der Waals surface area contributed by atoms with E-state index >= 15 is 0 Å². The van der Waals surface area contributed by atoms with Gasteiger partial charge in [-0.2, -0.15) is 5.10 Å². The van der Waals surface area contributed by atoms with Crippen LogP contribution in [-0.4, -0.2) is 19.3 Å². The number of para-hydroxylation sites is 1. The predicted octanol–water partition coefficient (Wildman–Crippen LogP) is 13.7. The van der Waals surface area contributed by atoms with Crippen molar-refractivity contribution in [1.29, 1.82) is 0 Å². The molecule has 272 valence electrons. The lowest BCUT2D eigenvalue weighted by molar-refractivity contribution is 0.483. The molecule has 7 aromatic rings. The Morgan fingerprint density at radius 2 is 1.36 bits per heavy atom. The maximum absolute atomic E-state index is 6.61. The largest absolute Gasteiger partial charge is 0.457 e. The molecular formula is C48H54N4O. The average Bonchev–Trinajstić information content (AvgIpc) is 3.77. The van der Waals surface area contributed by atoms with E-state index in [-0.39, 0.29) is 0 Å². The lowest BCUT2D eigenvalue weighted by Gasteiger charge is -2.28. The molecule has 7 rings (SSSR count). The minimum atomic E-state index is 0.408. The number of benzene rings is 4. The van der Waals surface area contributed by atoms with Crippen LogP contribution in [0.3, 0.4) is 0 Å². The average molecular weight is 703 g/mol. The quantitative estimate of drug-likeness (QED) is 0.127. The van der Waals surface area contributed by atoms with Crippen LogP contribution in [0.2, 0.25) is 0 Å². The van der Waals surface area contributed by atoms with Gasteiger partial charge in [0.2, 0.25) is 0 Å². The van der Waals surface area contributed by atoms with Crippen molar-refractivity contribution in [1.82, 2.24) is 19.3 Å². The van der Waals surface area contributed by atoms with E-state index in [9.17, 15) is 0 Å². The van der Waals surface area contributed by atoms with Gasteiger partial charge in [-0.3, -0.25) is 4.57 Å². The van der Waals surface area contributed by atoms with Crippen molar-refractivity contribution in [3.05, 3.63) is 131 Å². The lowest BCUT2D eigenvalue weighted by Crippen LogP contribution is -2.10. The second kappa shape index (κ2) is 15.1. The van der Waals surface area contributed by atoms with E-state index in [1.54, 1.807) is 0 Å². The molecule has 0 aliphatic rings. The molecule has 4 aromatic carbocycles. The Labute approximate surface area is 315 Å². The Bertz CT molecular complexity index is 2370. The van der Waals surface area contributed by atoms with Gasteiger partial charge in [-0.05, 0) is 133 Å². The topological polar surface area (TPSA) is 44.9 Å². The van der Waals surface area contributed by atoms with Gasteiger partial charge >= 0.3 is 0 Å².